The lowest BCUT2D eigenvalue weighted by molar-refractivity contribution is -0.284. The summed E-state index contributed by atoms with van der Waals surface area (Å²) in [6.07, 6.45) is -4.30. The molecular weight excluding hydrogens is 524 g/mol. The van der Waals surface area contributed by atoms with Crippen molar-refractivity contribution >= 4 is 18.0 Å². The van der Waals surface area contributed by atoms with Crippen molar-refractivity contribution in [2.24, 2.45) is 5.92 Å². The average molecular weight is 569 g/mol. The summed E-state index contributed by atoms with van der Waals surface area (Å²) in [6.45, 7) is 5.20. The Bertz CT molecular complexity index is 914. The second kappa shape index (κ2) is 17.1. The van der Waals surface area contributed by atoms with Crippen molar-refractivity contribution in [3.8, 4) is 0 Å². The predicted octanol–water partition coefficient (Wildman–Crippen LogP) is 0.778. The summed E-state index contributed by atoms with van der Waals surface area (Å²) < 4.78 is 15.7. The van der Waals surface area contributed by atoms with E-state index < -0.39 is 67.4 Å². The lowest BCUT2D eigenvalue weighted by atomic mass is 9.99. The Hall–Kier alpha value is -2.77. The summed E-state index contributed by atoms with van der Waals surface area (Å²) in [5.74, 6) is -1.52. The van der Waals surface area contributed by atoms with Crippen molar-refractivity contribution in [2.75, 3.05) is 13.2 Å². The minimum absolute atomic E-state index is 0.0494. The number of aliphatic hydroxyl groups is 4. The van der Waals surface area contributed by atoms with Crippen LogP contribution in [0.2, 0.25) is 0 Å². The summed E-state index contributed by atoms with van der Waals surface area (Å²) >= 11 is 0. The van der Waals surface area contributed by atoms with E-state index >= 15 is 0 Å². The molecule has 1 saturated heterocycles. The van der Waals surface area contributed by atoms with Gasteiger partial charge < -0.3 is 45.3 Å². The number of carbonyl (C=O) groups is 3. The van der Waals surface area contributed by atoms with Crippen LogP contribution < -0.4 is 10.6 Å². The van der Waals surface area contributed by atoms with Gasteiger partial charge in [-0.05, 0) is 17.9 Å². The van der Waals surface area contributed by atoms with Crippen LogP contribution in [0.1, 0.15) is 58.4 Å². The zero-order valence-electron chi connectivity index (χ0n) is 23.4. The number of rotatable bonds is 15. The molecule has 0 spiro atoms. The zero-order valence-corrected chi connectivity index (χ0v) is 23.4. The highest BCUT2D eigenvalue weighted by Gasteiger charge is 2.45. The lowest BCUT2D eigenvalue weighted by Crippen LogP contribution is -2.60. The van der Waals surface area contributed by atoms with Crippen LogP contribution in [0.5, 0.6) is 0 Å². The average Bonchev–Trinajstić information content (AvgIpc) is 2.93. The van der Waals surface area contributed by atoms with Gasteiger partial charge in [-0.3, -0.25) is 4.79 Å². The van der Waals surface area contributed by atoms with Gasteiger partial charge in [0.05, 0.1) is 13.2 Å². The molecule has 1 aliphatic rings. The molecular formula is C28H44N2O10. The van der Waals surface area contributed by atoms with Crippen LogP contribution in [0.4, 0.5) is 4.79 Å². The topological polar surface area (TPSA) is 184 Å². The van der Waals surface area contributed by atoms with Crippen LogP contribution >= 0.6 is 0 Å². The number of aliphatic hydroxyl groups excluding tert-OH is 4. The van der Waals surface area contributed by atoms with Crippen molar-refractivity contribution in [3.63, 3.8) is 0 Å². The Balaban J connectivity index is 2.07. The van der Waals surface area contributed by atoms with Gasteiger partial charge in [0.2, 0.25) is 12.2 Å². The van der Waals surface area contributed by atoms with Gasteiger partial charge in [-0.2, -0.15) is 0 Å². The van der Waals surface area contributed by atoms with E-state index in [4.69, 9.17) is 14.2 Å². The number of carbonyl (C=O) groups excluding carboxylic acids is 3. The van der Waals surface area contributed by atoms with Crippen molar-refractivity contribution in [1.82, 2.24) is 10.6 Å². The maximum atomic E-state index is 13.3. The molecule has 40 heavy (non-hydrogen) atoms. The van der Waals surface area contributed by atoms with Crippen LogP contribution in [0.15, 0.2) is 30.3 Å². The first kappa shape index (κ1) is 33.4. The van der Waals surface area contributed by atoms with Gasteiger partial charge in [-0.1, -0.05) is 76.8 Å². The normalized spacial score (nSPS) is 24.1. The second-order valence-electron chi connectivity index (χ2n) is 10.3. The Morgan fingerprint density at radius 2 is 1.62 bits per heavy atom. The molecule has 0 unspecified atom stereocenters. The first-order valence-corrected chi connectivity index (χ1v) is 13.9. The van der Waals surface area contributed by atoms with Crippen molar-refractivity contribution in [3.05, 3.63) is 35.9 Å². The number of benzene rings is 1. The maximum Gasteiger partial charge on any atom is 0.410 e. The van der Waals surface area contributed by atoms with Crippen LogP contribution in [0.3, 0.4) is 0 Å². The zero-order chi connectivity index (χ0) is 29.7. The molecule has 1 fully saturated rings. The van der Waals surface area contributed by atoms with Gasteiger partial charge in [0.25, 0.3) is 0 Å². The van der Waals surface area contributed by atoms with E-state index in [1.165, 1.54) is 0 Å². The molecule has 12 nitrogen and oxygen atoms in total. The molecule has 0 aromatic heterocycles. The molecule has 0 aliphatic carbocycles. The number of hydrogen-bond acceptors (Lipinski definition) is 10. The largest absolute Gasteiger partial charge is 0.464 e. The van der Waals surface area contributed by atoms with E-state index in [9.17, 15) is 34.8 Å². The monoisotopic (exact) mass is 568 g/mol. The third kappa shape index (κ3) is 10.3. The van der Waals surface area contributed by atoms with Crippen LogP contribution in [-0.4, -0.2) is 94.4 Å². The number of ether oxygens (including phenoxy) is 3. The van der Waals surface area contributed by atoms with E-state index in [1.807, 2.05) is 0 Å². The molecule has 12 heteroatoms. The minimum Gasteiger partial charge on any atom is -0.464 e. The van der Waals surface area contributed by atoms with Crippen LogP contribution in [0.25, 0.3) is 0 Å². The summed E-state index contributed by atoms with van der Waals surface area (Å²) in [7, 11) is 0. The quantitative estimate of drug-likeness (QED) is 0.131. The summed E-state index contributed by atoms with van der Waals surface area (Å²) in [5, 5.41) is 44.5. The number of esters is 1. The Labute approximate surface area is 235 Å². The fraction of sp³-hybridized carbons (Fsp3) is 0.679. The maximum absolute atomic E-state index is 13.3. The standard InChI is InChI=1S/C28H44N2O10/c1-4-5-6-7-11-14-38-26(36)21(17(2)3)30-25(35)19(15-18-12-9-8-10-13-18)29-28(37)40-27-24(34)23(33)22(32)20(16-31)39-27/h8-10,12-13,17,19-24,27,31-34H,4-7,11,14-16H2,1-3H3,(H,29,37)(H,30,35)/t19-,20+,21-,22+,23-,24+,27+/m0/s1. The number of amides is 2. The van der Waals surface area contributed by atoms with Crippen LogP contribution in [0, 0.1) is 5.92 Å². The van der Waals surface area contributed by atoms with Crippen molar-refractivity contribution in [2.45, 2.75) is 102 Å². The molecule has 1 aromatic carbocycles. The predicted molar refractivity (Wildman–Crippen MR) is 144 cm³/mol. The molecule has 1 heterocycles. The van der Waals surface area contributed by atoms with E-state index in [1.54, 1.807) is 44.2 Å². The number of hydrogen-bond donors (Lipinski definition) is 6. The highest BCUT2D eigenvalue weighted by molar-refractivity contribution is 5.90. The van der Waals surface area contributed by atoms with Crippen molar-refractivity contribution < 1.29 is 49.0 Å². The van der Waals surface area contributed by atoms with Gasteiger partial charge in [0.1, 0.15) is 36.5 Å². The van der Waals surface area contributed by atoms with Crippen molar-refractivity contribution in [1.29, 1.82) is 0 Å². The van der Waals surface area contributed by atoms with E-state index in [-0.39, 0.29) is 18.9 Å². The molecule has 226 valence electrons. The molecule has 7 atom stereocenters. The fourth-order valence-electron chi connectivity index (χ4n) is 4.23. The van der Waals surface area contributed by atoms with Gasteiger partial charge in [0.15, 0.2) is 0 Å². The van der Waals surface area contributed by atoms with Gasteiger partial charge in [-0.15, -0.1) is 0 Å². The molecule has 1 aromatic rings. The highest BCUT2D eigenvalue weighted by Crippen LogP contribution is 2.22. The number of unbranched alkanes of at least 4 members (excludes halogenated alkanes) is 4. The van der Waals surface area contributed by atoms with E-state index in [2.05, 4.69) is 17.6 Å². The molecule has 2 rings (SSSR count). The third-order valence-electron chi connectivity index (χ3n) is 6.67. The fourth-order valence-corrected chi connectivity index (χ4v) is 4.23. The van der Waals surface area contributed by atoms with Gasteiger partial charge in [0, 0.05) is 6.42 Å². The molecule has 0 radical (unpaired) electrons. The smallest absolute Gasteiger partial charge is 0.410 e. The highest BCUT2D eigenvalue weighted by atomic mass is 16.7. The summed E-state index contributed by atoms with van der Waals surface area (Å²) in [4.78, 5) is 38.8. The Morgan fingerprint density at radius 3 is 2.25 bits per heavy atom. The Kier molecular flexibility index (Phi) is 14.3. The Morgan fingerprint density at radius 1 is 0.950 bits per heavy atom. The molecule has 1 aliphatic heterocycles. The third-order valence-corrected chi connectivity index (χ3v) is 6.67. The second-order valence-corrected chi connectivity index (χ2v) is 10.3. The SMILES string of the molecule is CCCCCCCOC(=O)[C@@H](NC(=O)[C@H](Cc1ccccc1)NC(=O)O[C@H]1O[C@H](CO)[C@@H](O)[C@H](O)[C@H]1O)C(C)C. The lowest BCUT2D eigenvalue weighted by Gasteiger charge is -2.39. The first-order chi connectivity index (χ1) is 19.1. The van der Waals surface area contributed by atoms with Gasteiger partial charge in [-0.25, -0.2) is 9.59 Å². The number of nitrogens with one attached hydrogen (secondary N) is 2. The van der Waals surface area contributed by atoms with E-state index in [0.29, 0.717) is 5.56 Å². The molecule has 2 amide bonds. The summed E-state index contributed by atoms with van der Waals surface area (Å²) in [5.41, 5.74) is 0.714. The molecule has 0 saturated carbocycles. The van der Waals surface area contributed by atoms with E-state index in [0.717, 1.165) is 32.1 Å². The molecule has 0 bridgehead atoms. The summed E-state index contributed by atoms with van der Waals surface area (Å²) in [6, 6.07) is 6.71. The number of alkyl carbamates (subject to hydrolysis) is 1. The van der Waals surface area contributed by atoms with Gasteiger partial charge >= 0.3 is 12.1 Å². The molecule has 6 N–H and O–H groups in total. The van der Waals surface area contributed by atoms with Crippen LogP contribution in [-0.2, 0) is 30.2 Å². The first-order valence-electron chi connectivity index (χ1n) is 13.9. The minimum atomic E-state index is -1.80.